The van der Waals surface area contributed by atoms with Crippen molar-refractivity contribution in [2.75, 3.05) is 13.7 Å². The summed E-state index contributed by atoms with van der Waals surface area (Å²) in [6, 6.07) is 5.40. The quantitative estimate of drug-likeness (QED) is 0.863. The van der Waals surface area contributed by atoms with Gasteiger partial charge in [0.1, 0.15) is 17.1 Å². The van der Waals surface area contributed by atoms with E-state index in [0.717, 1.165) is 18.4 Å². The Morgan fingerprint density at radius 1 is 1.40 bits per heavy atom. The summed E-state index contributed by atoms with van der Waals surface area (Å²) in [6.07, 6.45) is 5.38. The number of rotatable bonds is 4. The summed E-state index contributed by atoms with van der Waals surface area (Å²) in [5, 5.41) is 2.86. The largest absolute Gasteiger partial charge is 0.465 e. The molecule has 0 aliphatic carbocycles. The molecule has 1 aliphatic rings. The summed E-state index contributed by atoms with van der Waals surface area (Å²) in [4.78, 5) is 30.0. The van der Waals surface area contributed by atoms with Gasteiger partial charge in [-0.15, -0.1) is 0 Å². The second-order valence-corrected chi connectivity index (χ2v) is 5.96. The molecule has 0 unspecified atom stereocenters. The molecule has 7 heteroatoms. The van der Waals surface area contributed by atoms with Gasteiger partial charge in [-0.2, -0.15) is 0 Å². The van der Waals surface area contributed by atoms with E-state index in [1.165, 1.54) is 7.11 Å². The summed E-state index contributed by atoms with van der Waals surface area (Å²) < 4.78 is 10.2. The average molecular weight is 343 g/mol. The van der Waals surface area contributed by atoms with Crippen molar-refractivity contribution < 1.29 is 18.7 Å². The van der Waals surface area contributed by atoms with Crippen molar-refractivity contribution in [3.63, 3.8) is 0 Å². The Kier molecular flexibility index (Phi) is 5.02. The number of urea groups is 1. The number of carbonyl (C=O) groups is 2. The first-order valence-electron chi connectivity index (χ1n) is 8.22. The van der Waals surface area contributed by atoms with Crippen LogP contribution < -0.4 is 5.32 Å². The number of aromatic nitrogens is 1. The average Bonchev–Trinajstić information content (AvgIpc) is 3.26. The molecule has 2 amide bonds. The summed E-state index contributed by atoms with van der Waals surface area (Å²) in [7, 11) is 1.32. The van der Waals surface area contributed by atoms with E-state index in [2.05, 4.69) is 10.3 Å². The third kappa shape index (κ3) is 3.65. The van der Waals surface area contributed by atoms with Gasteiger partial charge in [0.2, 0.25) is 0 Å². The third-order valence-electron chi connectivity index (χ3n) is 4.39. The number of pyridine rings is 1. The highest BCUT2D eigenvalue weighted by atomic mass is 16.5. The number of esters is 1. The number of carbonyl (C=O) groups excluding carboxylic acids is 2. The smallest absolute Gasteiger partial charge is 0.341 e. The number of aryl methyl sites for hydroxylation is 1. The van der Waals surface area contributed by atoms with Crippen molar-refractivity contribution in [1.82, 2.24) is 15.2 Å². The van der Waals surface area contributed by atoms with Crippen LogP contribution in [0.5, 0.6) is 0 Å². The number of ether oxygens (including phenoxy) is 1. The topological polar surface area (TPSA) is 84.7 Å². The molecule has 7 nitrogen and oxygen atoms in total. The fourth-order valence-corrected chi connectivity index (χ4v) is 3.15. The van der Waals surface area contributed by atoms with Gasteiger partial charge in [0, 0.05) is 18.9 Å². The number of hydrogen-bond acceptors (Lipinski definition) is 5. The van der Waals surface area contributed by atoms with Gasteiger partial charge in [-0.3, -0.25) is 4.98 Å². The first kappa shape index (κ1) is 17.0. The molecule has 2 aromatic rings. The Labute approximate surface area is 146 Å². The maximum atomic E-state index is 12.6. The van der Waals surface area contributed by atoms with Gasteiger partial charge in [0.15, 0.2) is 0 Å². The minimum absolute atomic E-state index is 0.0620. The van der Waals surface area contributed by atoms with Gasteiger partial charge in [-0.05, 0) is 43.5 Å². The van der Waals surface area contributed by atoms with Gasteiger partial charge in [-0.1, -0.05) is 0 Å². The third-order valence-corrected chi connectivity index (χ3v) is 4.39. The fraction of sp³-hybridized carbons (Fsp3) is 0.389. The Hall–Kier alpha value is -2.83. The second kappa shape index (κ2) is 7.38. The maximum Gasteiger partial charge on any atom is 0.341 e. The lowest BCUT2D eigenvalue weighted by Crippen LogP contribution is -2.39. The molecular formula is C18H21N3O4. The van der Waals surface area contributed by atoms with E-state index in [0.29, 0.717) is 23.6 Å². The summed E-state index contributed by atoms with van der Waals surface area (Å²) in [5.74, 6) is 0.550. The highest BCUT2D eigenvalue weighted by Gasteiger charge is 2.30. The van der Waals surface area contributed by atoms with E-state index in [9.17, 15) is 9.59 Å². The Morgan fingerprint density at radius 3 is 2.88 bits per heavy atom. The molecule has 1 fully saturated rings. The lowest BCUT2D eigenvalue weighted by atomic mass is 10.1. The zero-order valence-electron chi connectivity index (χ0n) is 14.3. The molecular weight excluding hydrogens is 322 g/mol. The van der Waals surface area contributed by atoms with Crippen molar-refractivity contribution >= 4 is 12.0 Å². The van der Waals surface area contributed by atoms with Crippen LogP contribution >= 0.6 is 0 Å². The van der Waals surface area contributed by atoms with Crippen molar-refractivity contribution in [3.05, 3.63) is 53.2 Å². The fourth-order valence-electron chi connectivity index (χ4n) is 3.15. The first-order valence-corrected chi connectivity index (χ1v) is 8.22. The van der Waals surface area contributed by atoms with Crippen LogP contribution in [0.25, 0.3) is 0 Å². The van der Waals surface area contributed by atoms with E-state index in [4.69, 9.17) is 9.15 Å². The molecule has 0 bridgehead atoms. The van der Waals surface area contributed by atoms with E-state index in [1.54, 1.807) is 25.4 Å². The molecule has 1 saturated heterocycles. The zero-order valence-corrected chi connectivity index (χ0v) is 14.3. The number of methoxy groups -OCH3 is 1. The van der Waals surface area contributed by atoms with Crippen LogP contribution in [0.4, 0.5) is 4.79 Å². The highest BCUT2D eigenvalue weighted by molar-refractivity contribution is 5.90. The number of hydrogen-bond donors (Lipinski definition) is 1. The number of furan rings is 1. The minimum atomic E-state index is -0.448. The normalized spacial score (nSPS) is 16.7. The predicted molar refractivity (Wildman–Crippen MR) is 89.9 cm³/mol. The predicted octanol–water partition coefficient (Wildman–Crippen LogP) is 2.82. The van der Waals surface area contributed by atoms with Crippen molar-refractivity contribution in [3.8, 4) is 0 Å². The summed E-state index contributed by atoms with van der Waals surface area (Å²) in [5.41, 5.74) is 1.46. The second-order valence-electron chi connectivity index (χ2n) is 5.96. The maximum absolute atomic E-state index is 12.6. The van der Waals surface area contributed by atoms with Crippen molar-refractivity contribution in [2.24, 2.45) is 0 Å². The minimum Gasteiger partial charge on any atom is -0.465 e. The molecule has 1 aliphatic heterocycles. The molecule has 0 spiro atoms. The van der Waals surface area contributed by atoms with Crippen LogP contribution in [-0.4, -0.2) is 35.5 Å². The van der Waals surface area contributed by atoms with E-state index >= 15 is 0 Å². The lowest BCUT2D eigenvalue weighted by molar-refractivity contribution is 0.0598. The van der Waals surface area contributed by atoms with Crippen LogP contribution in [0.3, 0.4) is 0 Å². The van der Waals surface area contributed by atoms with Gasteiger partial charge in [0.05, 0.1) is 19.7 Å². The van der Waals surface area contributed by atoms with Gasteiger partial charge < -0.3 is 19.4 Å². The molecule has 1 N–H and O–H groups in total. The molecule has 0 radical (unpaired) electrons. The molecule has 25 heavy (non-hydrogen) atoms. The highest BCUT2D eigenvalue weighted by Crippen LogP contribution is 2.31. The SMILES string of the molecule is COC(=O)c1cc(CNC(=O)N2CCC[C@H]2c2ccncc2)oc1C. The van der Waals surface area contributed by atoms with E-state index in [-0.39, 0.29) is 18.6 Å². The van der Waals surface area contributed by atoms with Crippen molar-refractivity contribution in [1.29, 1.82) is 0 Å². The molecule has 0 saturated carbocycles. The molecule has 2 aromatic heterocycles. The zero-order chi connectivity index (χ0) is 17.8. The summed E-state index contributed by atoms with van der Waals surface area (Å²) >= 11 is 0. The molecule has 3 rings (SSSR count). The van der Waals surface area contributed by atoms with Crippen molar-refractivity contribution in [2.45, 2.75) is 32.4 Å². The van der Waals surface area contributed by atoms with Crippen LogP contribution in [0.15, 0.2) is 35.0 Å². The number of likely N-dealkylation sites (tertiary alicyclic amines) is 1. The van der Waals surface area contributed by atoms with E-state index < -0.39 is 5.97 Å². The Bertz CT molecular complexity index is 757. The number of nitrogens with zero attached hydrogens (tertiary/aromatic N) is 2. The van der Waals surface area contributed by atoms with Crippen LogP contribution in [0, 0.1) is 6.92 Å². The number of amides is 2. The molecule has 1 atom stereocenters. The van der Waals surface area contributed by atoms with Crippen LogP contribution in [-0.2, 0) is 11.3 Å². The number of nitrogens with one attached hydrogen (secondary N) is 1. The standard InChI is InChI=1S/C18H21N3O4/c1-12-15(17(22)24-2)10-14(25-12)11-20-18(23)21-9-3-4-16(21)13-5-7-19-8-6-13/h5-8,10,16H,3-4,9,11H2,1-2H3,(H,20,23)/t16-/m0/s1. The molecule has 3 heterocycles. The van der Waals surface area contributed by atoms with Crippen LogP contribution in [0.2, 0.25) is 0 Å². The molecule has 132 valence electrons. The van der Waals surface area contributed by atoms with Gasteiger partial charge in [0.25, 0.3) is 0 Å². The van der Waals surface area contributed by atoms with Gasteiger partial charge >= 0.3 is 12.0 Å². The monoisotopic (exact) mass is 343 g/mol. The van der Waals surface area contributed by atoms with Gasteiger partial charge in [-0.25, -0.2) is 9.59 Å². The van der Waals surface area contributed by atoms with E-state index in [1.807, 2.05) is 17.0 Å². The Balaban J connectivity index is 1.63. The molecule has 0 aromatic carbocycles. The Morgan fingerprint density at radius 2 is 2.16 bits per heavy atom. The first-order chi connectivity index (χ1) is 12.1. The lowest BCUT2D eigenvalue weighted by Gasteiger charge is -2.25. The summed E-state index contributed by atoms with van der Waals surface area (Å²) in [6.45, 7) is 2.62. The van der Waals surface area contributed by atoms with Crippen LogP contribution in [0.1, 0.15) is 46.3 Å².